The zero-order chi connectivity index (χ0) is 17.4. The summed E-state index contributed by atoms with van der Waals surface area (Å²) in [6.45, 7) is 0. The van der Waals surface area contributed by atoms with Gasteiger partial charge in [-0.15, -0.1) is 0 Å². The summed E-state index contributed by atoms with van der Waals surface area (Å²) in [6, 6.07) is 13.5. The predicted octanol–water partition coefficient (Wildman–Crippen LogP) is 3.35. The number of aromatic hydroxyl groups is 2. The van der Waals surface area contributed by atoms with Crippen molar-refractivity contribution in [1.82, 2.24) is 15.0 Å². The third-order valence-corrected chi connectivity index (χ3v) is 3.89. The molecule has 122 valence electrons. The summed E-state index contributed by atoms with van der Waals surface area (Å²) in [7, 11) is 0. The highest BCUT2D eigenvalue weighted by Gasteiger charge is 2.14. The quantitative estimate of drug-likeness (QED) is 0.520. The summed E-state index contributed by atoms with van der Waals surface area (Å²) < 4.78 is 0. The van der Waals surface area contributed by atoms with Crippen molar-refractivity contribution in [2.75, 3.05) is 5.73 Å². The second-order valence-electron chi connectivity index (χ2n) is 5.61. The van der Waals surface area contributed by atoms with E-state index in [4.69, 9.17) is 10.7 Å². The lowest BCUT2D eigenvalue weighted by Gasteiger charge is -2.11. The van der Waals surface area contributed by atoms with Gasteiger partial charge in [0.05, 0.1) is 29.5 Å². The first-order valence-corrected chi connectivity index (χ1v) is 7.62. The van der Waals surface area contributed by atoms with Crippen molar-refractivity contribution in [2.24, 2.45) is 0 Å². The summed E-state index contributed by atoms with van der Waals surface area (Å²) in [5.41, 5.74) is 10.5. The number of fused-ring (bicyclic) bond motifs is 1. The van der Waals surface area contributed by atoms with Gasteiger partial charge in [0.1, 0.15) is 22.5 Å². The van der Waals surface area contributed by atoms with Gasteiger partial charge in [0.2, 0.25) is 0 Å². The van der Waals surface area contributed by atoms with Crippen molar-refractivity contribution in [1.29, 1.82) is 0 Å². The molecule has 2 aromatic heterocycles. The number of phenolic OH excluding ortho intramolecular Hbond substituents is 2. The summed E-state index contributed by atoms with van der Waals surface area (Å²) in [6.07, 6.45) is 3.15. The smallest absolute Gasteiger partial charge is 0.116 e. The Morgan fingerprint density at radius 1 is 0.680 bits per heavy atom. The normalized spacial score (nSPS) is 10.9. The summed E-state index contributed by atoms with van der Waals surface area (Å²) in [4.78, 5) is 13.5. The van der Waals surface area contributed by atoms with E-state index < -0.39 is 0 Å². The largest absolute Gasteiger partial charge is 0.508 e. The van der Waals surface area contributed by atoms with Gasteiger partial charge < -0.3 is 15.9 Å². The van der Waals surface area contributed by atoms with Crippen molar-refractivity contribution in [3.8, 4) is 34.0 Å². The van der Waals surface area contributed by atoms with Crippen LogP contribution in [0.15, 0.2) is 60.9 Å². The fourth-order valence-corrected chi connectivity index (χ4v) is 2.64. The van der Waals surface area contributed by atoms with Crippen molar-refractivity contribution in [3.05, 3.63) is 60.9 Å². The number of pyridine rings is 1. The summed E-state index contributed by atoms with van der Waals surface area (Å²) >= 11 is 0. The van der Waals surface area contributed by atoms with Crippen molar-refractivity contribution < 1.29 is 10.2 Å². The van der Waals surface area contributed by atoms with Crippen LogP contribution < -0.4 is 5.73 Å². The van der Waals surface area contributed by atoms with Gasteiger partial charge in [-0.25, -0.2) is 9.97 Å². The number of nitrogen functional groups attached to an aromatic ring is 1. The molecule has 0 saturated heterocycles. The van der Waals surface area contributed by atoms with Crippen LogP contribution in [0.4, 0.5) is 5.69 Å². The molecule has 0 atom stereocenters. The summed E-state index contributed by atoms with van der Waals surface area (Å²) in [5.74, 6) is 0.349. The first kappa shape index (κ1) is 14.9. The number of nitrogens with zero attached hydrogens (tertiary/aromatic N) is 3. The molecule has 6 heteroatoms. The van der Waals surface area contributed by atoms with E-state index in [1.807, 2.05) is 0 Å². The highest BCUT2D eigenvalue weighted by Crippen LogP contribution is 2.33. The lowest BCUT2D eigenvalue weighted by atomic mass is 10.0. The van der Waals surface area contributed by atoms with Crippen molar-refractivity contribution in [2.45, 2.75) is 0 Å². The van der Waals surface area contributed by atoms with Gasteiger partial charge >= 0.3 is 0 Å². The van der Waals surface area contributed by atoms with Gasteiger partial charge in [0.25, 0.3) is 0 Å². The Hall–Kier alpha value is -3.67. The molecule has 0 amide bonds. The Morgan fingerprint density at radius 2 is 1.20 bits per heavy atom. The maximum absolute atomic E-state index is 9.54. The highest BCUT2D eigenvalue weighted by molar-refractivity contribution is 5.91. The van der Waals surface area contributed by atoms with Crippen LogP contribution >= 0.6 is 0 Å². The first-order chi connectivity index (χ1) is 12.1. The monoisotopic (exact) mass is 330 g/mol. The maximum atomic E-state index is 9.54. The Kier molecular flexibility index (Phi) is 3.43. The molecule has 4 rings (SSSR count). The number of hydrogen-bond acceptors (Lipinski definition) is 6. The van der Waals surface area contributed by atoms with Gasteiger partial charge in [-0.05, 0) is 48.5 Å². The molecule has 0 radical (unpaired) electrons. The van der Waals surface area contributed by atoms with Crippen LogP contribution in [0.2, 0.25) is 0 Å². The third-order valence-electron chi connectivity index (χ3n) is 3.89. The number of phenols is 2. The van der Waals surface area contributed by atoms with Crippen LogP contribution in [0, 0.1) is 0 Å². The minimum Gasteiger partial charge on any atom is -0.508 e. The molecule has 0 spiro atoms. The SMILES string of the molecule is Nc1cncc2nc(-c3ccc(O)cc3)c(-c3ccc(O)cc3)nc12. The lowest BCUT2D eigenvalue weighted by Crippen LogP contribution is -1.99. The first-order valence-electron chi connectivity index (χ1n) is 7.62. The van der Waals surface area contributed by atoms with Gasteiger partial charge in [-0.3, -0.25) is 4.98 Å². The van der Waals surface area contributed by atoms with Gasteiger partial charge in [0.15, 0.2) is 0 Å². The molecule has 6 nitrogen and oxygen atoms in total. The van der Waals surface area contributed by atoms with Crippen molar-refractivity contribution in [3.63, 3.8) is 0 Å². The zero-order valence-corrected chi connectivity index (χ0v) is 13.1. The fraction of sp³-hybridized carbons (Fsp3) is 0. The van der Waals surface area contributed by atoms with E-state index in [0.29, 0.717) is 28.1 Å². The molecule has 0 bridgehead atoms. The average molecular weight is 330 g/mol. The van der Waals surface area contributed by atoms with E-state index in [9.17, 15) is 10.2 Å². The van der Waals surface area contributed by atoms with E-state index in [0.717, 1.165) is 11.1 Å². The van der Waals surface area contributed by atoms with E-state index in [2.05, 4.69) is 9.97 Å². The van der Waals surface area contributed by atoms with Gasteiger partial charge in [-0.1, -0.05) is 0 Å². The van der Waals surface area contributed by atoms with Crippen LogP contribution in [0.1, 0.15) is 0 Å². The number of aromatic nitrogens is 3. The van der Waals surface area contributed by atoms with E-state index in [1.54, 1.807) is 54.7 Å². The molecular weight excluding hydrogens is 316 g/mol. The highest BCUT2D eigenvalue weighted by atomic mass is 16.3. The molecular formula is C19H14N4O2. The van der Waals surface area contributed by atoms with Gasteiger partial charge in [-0.2, -0.15) is 0 Å². The van der Waals surface area contributed by atoms with Gasteiger partial charge in [0, 0.05) is 11.1 Å². The molecule has 2 heterocycles. The topological polar surface area (TPSA) is 105 Å². The number of anilines is 1. The Balaban J connectivity index is 2.03. The van der Waals surface area contributed by atoms with Crippen LogP contribution in [-0.2, 0) is 0 Å². The Bertz CT molecular complexity index is 1060. The number of hydrogen-bond donors (Lipinski definition) is 3. The van der Waals surface area contributed by atoms with Crippen LogP contribution in [0.3, 0.4) is 0 Å². The number of nitrogens with two attached hydrogens (primary N) is 1. The Labute approximate surface area is 143 Å². The summed E-state index contributed by atoms with van der Waals surface area (Å²) in [5, 5.41) is 19.1. The maximum Gasteiger partial charge on any atom is 0.116 e. The molecule has 4 aromatic rings. The second kappa shape index (κ2) is 5.76. The van der Waals surface area contributed by atoms with E-state index in [1.165, 1.54) is 6.20 Å². The van der Waals surface area contributed by atoms with Crippen molar-refractivity contribution >= 4 is 16.7 Å². The zero-order valence-electron chi connectivity index (χ0n) is 13.1. The predicted molar refractivity (Wildman–Crippen MR) is 95.9 cm³/mol. The average Bonchev–Trinajstić information content (AvgIpc) is 2.63. The fourth-order valence-electron chi connectivity index (χ4n) is 2.64. The number of rotatable bonds is 2. The van der Waals surface area contributed by atoms with Crippen LogP contribution in [-0.4, -0.2) is 25.2 Å². The molecule has 0 fully saturated rings. The molecule has 0 aliphatic heterocycles. The molecule has 2 aromatic carbocycles. The molecule has 25 heavy (non-hydrogen) atoms. The van der Waals surface area contributed by atoms with Crippen LogP contribution in [0.5, 0.6) is 11.5 Å². The molecule has 4 N–H and O–H groups in total. The third kappa shape index (κ3) is 2.70. The van der Waals surface area contributed by atoms with E-state index >= 15 is 0 Å². The molecule has 0 aliphatic carbocycles. The molecule has 0 unspecified atom stereocenters. The number of benzene rings is 2. The van der Waals surface area contributed by atoms with E-state index in [-0.39, 0.29) is 11.5 Å². The minimum atomic E-state index is 0.174. The minimum absolute atomic E-state index is 0.174. The molecule has 0 aliphatic rings. The Morgan fingerprint density at radius 3 is 1.76 bits per heavy atom. The lowest BCUT2D eigenvalue weighted by molar-refractivity contribution is 0.475. The van der Waals surface area contributed by atoms with Crippen LogP contribution in [0.25, 0.3) is 33.5 Å². The standard InChI is InChI=1S/C19H14N4O2/c20-15-9-21-10-16-19(15)23-18(12-3-7-14(25)8-4-12)17(22-16)11-1-5-13(24)6-2-11/h1-10,24-25H,20H2. The second-order valence-corrected chi connectivity index (χ2v) is 5.61. The molecule has 0 saturated carbocycles.